The molecule has 1 N–H and O–H groups in total. The first-order valence-corrected chi connectivity index (χ1v) is 15.5. The second kappa shape index (κ2) is 11.1. The molecule has 212 valence electrons. The van der Waals surface area contributed by atoms with E-state index >= 15 is 0 Å². The van der Waals surface area contributed by atoms with Crippen molar-refractivity contribution < 1.29 is 13.2 Å². The summed E-state index contributed by atoms with van der Waals surface area (Å²) in [6, 6.07) is 23.4. The Kier molecular flexibility index (Phi) is 7.35. The number of nitrogens with zero attached hydrogens (tertiary/aromatic N) is 5. The van der Waals surface area contributed by atoms with Gasteiger partial charge in [0.1, 0.15) is 5.82 Å². The molecular weight excluding hydrogens is 536 g/mol. The minimum absolute atomic E-state index is 0.0354. The van der Waals surface area contributed by atoms with Crippen molar-refractivity contribution in [3.63, 3.8) is 0 Å². The summed E-state index contributed by atoms with van der Waals surface area (Å²) in [5.41, 5.74) is 3.30. The maximum Gasteiger partial charge on any atom is 0.243 e. The lowest BCUT2D eigenvalue weighted by Crippen LogP contribution is -2.49. The Morgan fingerprint density at radius 3 is 2.34 bits per heavy atom. The highest BCUT2D eigenvalue weighted by Gasteiger charge is 2.32. The molecule has 0 aliphatic carbocycles. The van der Waals surface area contributed by atoms with Gasteiger partial charge >= 0.3 is 0 Å². The Hall–Kier alpha value is -4.02. The first-order valence-electron chi connectivity index (χ1n) is 14.1. The third-order valence-corrected chi connectivity index (χ3v) is 9.98. The van der Waals surface area contributed by atoms with Crippen molar-refractivity contribution in [1.82, 2.24) is 14.3 Å². The molecule has 2 aliphatic rings. The summed E-state index contributed by atoms with van der Waals surface area (Å²) in [6.07, 6.45) is 1.28. The molecule has 6 rings (SSSR count). The van der Waals surface area contributed by atoms with Gasteiger partial charge < -0.3 is 15.1 Å². The monoisotopic (exact) mass is 570 g/mol. The van der Waals surface area contributed by atoms with E-state index in [9.17, 15) is 13.2 Å². The molecule has 2 aliphatic heterocycles. The van der Waals surface area contributed by atoms with Gasteiger partial charge in [-0.3, -0.25) is 4.79 Å². The van der Waals surface area contributed by atoms with Crippen LogP contribution in [-0.2, 0) is 14.8 Å². The molecule has 9 nitrogen and oxygen atoms in total. The lowest BCUT2D eigenvalue weighted by molar-refractivity contribution is -0.117. The van der Waals surface area contributed by atoms with Crippen LogP contribution in [0.3, 0.4) is 0 Å². The number of fused-ring (bicyclic) bond motifs is 1. The van der Waals surface area contributed by atoms with Gasteiger partial charge in [-0.1, -0.05) is 48.5 Å². The van der Waals surface area contributed by atoms with E-state index in [-0.39, 0.29) is 16.8 Å². The number of hydrogen-bond donors (Lipinski definition) is 1. The number of aromatic nitrogens is 2. The third-order valence-electron chi connectivity index (χ3n) is 7.94. The zero-order chi connectivity index (χ0) is 28.6. The quantitative estimate of drug-likeness (QED) is 0.342. The predicted octanol–water partition coefficient (Wildman–Crippen LogP) is 4.75. The molecular formula is C31H34N6O3S. The molecule has 41 heavy (non-hydrogen) atoms. The van der Waals surface area contributed by atoms with Crippen LogP contribution in [0.5, 0.6) is 0 Å². The molecule has 3 aromatic carbocycles. The van der Waals surface area contributed by atoms with Crippen LogP contribution < -0.4 is 15.1 Å². The first kappa shape index (κ1) is 27.2. The van der Waals surface area contributed by atoms with E-state index in [0.717, 1.165) is 28.7 Å². The summed E-state index contributed by atoms with van der Waals surface area (Å²) in [6.45, 7) is 6.08. The smallest absolute Gasteiger partial charge is 0.243 e. The number of carbonyl (C=O) groups excluding carboxylic acids is 1. The molecule has 1 amide bonds. The van der Waals surface area contributed by atoms with Crippen LogP contribution in [0.2, 0.25) is 0 Å². The Bertz CT molecular complexity index is 1690. The zero-order valence-corrected chi connectivity index (χ0v) is 24.1. The van der Waals surface area contributed by atoms with Gasteiger partial charge in [0.2, 0.25) is 21.9 Å². The van der Waals surface area contributed by atoms with Crippen LogP contribution in [0.25, 0.3) is 10.9 Å². The summed E-state index contributed by atoms with van der Waals surface area (Å²) in [4.78, 5) is 26.0. The summed E-state index contributed by atoms with van der Waals surface area (Å²) < 4.78 is 29.0. The van der Waals surface area contributed by atoms with Gasteiger partial charge in [-0.15, -0.1) is 0 Å². The largest absolute Gasteiger partial charge is 0.363 e. The zero-order valence-electron chi connectivity index (χ0n) is 23.3. The fourth-order valence-corrected chi connectivity index (χ4v) is 7.24. The summed E-state index contributed by atoms with van der Waals surface area (Å²) in [5, 5.41) is 4.50. The number of aryl methyl sites for hydroxylation is 1. The van der Waals surface area contributed by atoms with Gasteiger partial charge in [-0.2, -0.15) is 9.29 Å². The molecule has 2 saturated heterocycles. The molecule has 3 heterocycles. The Morgan fingerprint density at radius 1 is 0.878 bits per heavy atom. The Balaban J connectivity index is 1.22. The van der Waals surface area contributed by atoms with Crippen LogP contribution in [0, 0.1) is 6.92 Å². The maximum absolute atomic E-state index is 13.7. The molecule has 0 bridgehead atoms. The highest BCUT2D eigenvalue weighted by atomic mass is 32.2. The van der Waals surface area contributed by atoms with Gasteiger partial charge in [-0.05, 0) is 55.7 Å². The molecule has 2 fully saturated rings. The normalized spacial score (nSPS) is 17.3. The Morgan fingerprint density at radius 2 is 1.61 bits per heavy atom. The van der Waals surface area contributed by atoms with Crippen molar-refractivity contribution in [2.45, 2.75) is 37.6 Å². The molecule has 0 unspecified atom stereocenters. The van der Waals surface area contributed by atoms with Crippen molar-refractivity contribution in [3.05, 3.63) is 83.9 Å². The number of hydrogen-bond acceptors (Lipinski definition) is 7. The van der Waals surface area contributed by atoms with Gasteiger partial charge in [0.25, 0.3) is 0 Å². The lowest BCUT2D eigenvalue weighted by atomic mass is 10.1. The number of piperazine rings is 1. The van der Waals surface area contributed by atoms with Crippen LogP contribution in [-0.4, -0.2) is 61.3 Å². The second-order valence-electron chi connectivity index (χ2n) is 10.7. The van der Waals surface area contributed by atoms with Crippen molar-refractivity contribution >= 4 is 44.3 Å². The Labute approximate surface area is 240 Å². The van der Waals surface area contributed by atoms with Crippen molar-refractivity contribution in [1.29, 1.82) is 0 Å². The van der Waals surface area contributed by atoms with Crippen molar-refractivity contribution in [2.24, 2.45) is 0 Å². The van der Waals surface area contributed by atoms with Gasteiger partial charge in [0.15, 0.2) is 0 Å². The number of benzene rings is 3. The molecule has 1 atom stereocenters. The number of nitrogens with one attached hydrogen (secondary N) is 1. The van der Waals surface area contributed by atoms with Gasteiger partial charge in [-0.25, -0.2) is 13.4 Å². The number of para-hydroxylation sites is 1. The summed E-state index contributed by atoms with van der Waals surface area (Å²) in [5.74, 6) is 1.36. The molecule has 4 aromatic rings. The summed E-state index contributed by atoms with van der Waals surface area (Å²) in [7, 11) is -3.74. The molecule has 1 aromatic heterocycles. The fourth-order valence-electron chi connectivity index (χ4n) is 5.57. The van der Waals surface area contributed by atoms with E-state index < -0.39 is 10.0 Å². The molecule has 0 radical (unpaired) electrons. The van der Waals surface area contributed by atoms with E-state index in [1.807, 2.05) is 53.4 Å². The van der Waals surface area contributed by atoms with E-state index in [1.165, 1.54) is 4.31 Å². The predicted molar refractivity (Wildman–Crippen MR) is 162 cm³/mol. The molecule has 0 saturated carbocycles. The first-order chi connectivity index (χ1) is 19.8. The van der Waals surface area contributed by atoms with E-state index in [2.05, 4.69) is 24.4 Å². The van der Waals surface area contributed by atoms with Crippen LogP contribution in [0.4, 0.5) is 17.5 Å². The number of sulfonamides is 1. The minimum atomic E-state index is -3.74. The van der Waals surface area contributed by atoms with Crippen LogP contribution >= 0.6 is 0 Å². The molecule has 0 spiro atoms. The minimum Gasteiger partial charge on any atom is -0.363 e. The van der Waals surface area contributed by atoms with Crippen molar-refractivity contribution in [3.8, 4) is 0 Å². The maximum atomic E-state index is 13.7. The second-order valence-corrected chi connectivity index (χ2v) is 12.6. The van der Waals surface area contributed by atoms with Crippen molar-refractivity contribution in [2.75, 3.05) is 47.8 Å². The topological polar surface area (TPSA) is 98.7 Å². The number of rotatable bonds is 7. The van der Waals surface area contributed by atoms with E-state index in [1.54, 1.807) is 24.0 Å². The molecule has 10 heteroatoms. The fraction of sp³-hybridized carbons (Fsp3) is 0.323. The van der Waals surface area contributed by atoms with E-state index in [0.29, 0.717) is 56.3 Å². The SMILES string of the molecule is Cc1ccc(N2CCCC2=O)cc1S(=O)(=O)N1CCN(c2nc(N[C@@H](C)c3ccccc3)c3ccccc3n2)CC1. The number of amides is 1. The van der Waals surface area contributed by atoms with Gasteiger partial charge in [0, 0.05) is 56.3 Å². The number of anilines is 3. The standard InChI is InChI=1S/C31H34N6O3S/c1-22-14-15-25(37-16-8-13-29(37)38)21-28(22)41(39,40)36-19-17-35(18-20-36)31-33-27-12-7-6-11-26(27)30(34-31)32-23(2)24-9-4-3-5-10-24/h3-7,9-12,14-15,21,23H,8,13,16-20H2,1-2H3,(H,32,33,34)/t23-/m0/s1. The van der Waals surface area contributed by atoms with Gasteiger partial charge in [0.05, 0.1) is 10.4 Å². The average molecular weight is 571 g/mol. The van der Waals surface area contributed by atoms with E-state index in [4.69, 9.17) is 9.97 Å². The highest BCUT2D eigenvalue weighted by molar-refractivity contribution is 7.89. The average Bonchev–Trinajstić information content (AvgIpc) is 3.43. The third kappa shape index (κ3) is 5.37. The van der Waals surface area contributed by atoms with Crippen LogP contribution in [0.1, 0.15) is 36.9 Å². The number of carbonyl (C=O) groups is 1. The van der Waals surface area contributed by atoms with Crippen LogP contribution in [0.15, 0.2) is 77.7 Å². The lowest BCUT2D eigenvalue weighted by Gasteiger charge is -2.34. The summed E-state index contributed by atoms with van der Waals surface area (Å²) >= 11 is 0. The highest BCUT2D eigenvalue weighted by Crippen LogP contribution is 2.31.